The van der Waals surface area contributed by atoms with E-state index in [0.717, 1.165) is 29.6 Å². The molecule has 2 atom stereocenters. The first kappa shape index (κ1) is 15.3. The summed E-state index contributed by atoms with van der Waals surface area (Å²) in [7, 11) is 0. The molecule has 1 aliphatic rings. The van der Waals surface area contributed by atoms with Crippen molar-refractivity contribution in [3.8, 4) is 5.75 Å². The molecule has 1 aliphatic heterocycles. The van der Waals surface area contributed by atoms with Crippen LogP contribution >= 0.6 is 15.9 Å². The second-order valence-corrected chi connectivity index (χ2v) is 6.03. The molecule has 1 saturated heterocycles. The quantitative estimate of drug-likeness (QED) is 0.865. The van der Waals surface area contributed by atoms with Crippen LogP contribution in [0.25, 0.3) is 0 Å². The molecule has 0 aromatic heterocycles. The minimum atomic E-state index is 0.0659. The molecule has 0 aliphatic carbocycles. The molecule has 2 rings (SSSR count). The molecule has 1 amide bonds. The highest BCUT2D eigenvalue weighted by atomic mass is 79.9. The summed E-state index contributed by atoms with van der Waals surface area (Å²) in [4.78, 5) is 11.9. The molecule has 0 spiro atoms. The van der Waals surface area contributed by atoms with Crippen molar-refractivity contribution < 1.29 is 9.53 Å². The average Bonchev–Trinajstić information content (AvgIpc) is 2.41. The van der Waals surface area contributed by atoms with Gasteiger partial charge in [0.25, 0.3) is 0 Å². The first-order valence-electron chi connectivity index (χ1n) is 7.05. The Bertz CT molecular complexity index is 453. The third-order valence-electron chi connectivity index (χ3n) is 3.41. The number of para-hydroxylation sites is 1. The topological polar surface area (TPSA) is 50.4 Å². The highest BCUT2D eigenvalue weighted by Gasteiger charge is 2.19. The van der Waals surface area contributed by atoms with Crippen molar-refractivity contribution in [2.24, 2.45) is 0 Å². The number of carbonyl (C=O) groups excluding carboxylic acids is 1. The highest BCUT2D eigenvalue weighted by molar-refractivity contribution is 9.10. The zero-order valence-electron chi connectivity index (χ0n) is 11.7. The van der Waals surface area contributed by atoms with Gasteiger partial charge in [0, 0.05) is 12.1 Å². The van der Waals surface area contributed by atoms with Crippen LogP contribution in [0.1, 0.15) is 26.2 Å². The Morgan fingerprint density at radius 1 is 1.50 bits per heavy atom. The normalized spacial score (nSPS) is 22.3. The fourth-order valence-electron chi connectivity index (χ4n) is 2.38. The third-order valence-corrected chi connectivity index (χ3v) is 4.07. The van der Waals surface area contributed by atoms with E-state index in [4.69, 9.17) is 4.74 Å². The summed E-state index contributed by atoms with van der Waals surface area (Å²) in [5.41, 5.74) is 0. The Kier molecular flexibility index (Phi) is 5.86. The van der Waals surface area contributed by atoms with Crippen LogP contribution in [-0.4, -0.2) is 31.1 Å². The van der Waals surface area contributed by atoms with Gasteiger partial charge in [-0.25, -0.2) is 0 Å². The minimum absolute atomic E-state index is 0.0659. The van der Waals surface area contributed by atoms with E-state index in [0.29, 0.717) is 25.1 Å². The number of rotatable bonds is 5. The van der Waals surface area contributed by atoms with E-state index in [2.05, 4.69) is 33.5 Å². The van der Waals surface area contributed by atoms with Crippen LogP contribution < -0.4 is 15.4 Å². The number of benzene rings is 1. The Labute approximate surface area is 128 Å². The summed E-state index contributed by atoms with van der Waals surface area (Å²) in [6.45, 7) is 3.52. The van der Waals surface area contributed by atoms with Crippen LogP contribution in [0.5, 0.6) is 5.75 Å². The summed E-state index contributed by atoms with van der Waals surface area (Å²) in [5.74, 6) is 0.840. The van der Waals surface area contributed by atoms with E-state index >= 15 is 0 Å². The minimum Gasteiger partial charge on any atom is -0.492 e. The maximum Gasteiger partial charge on any atom is 0.223 e. The van der Waals surface area contributed by atoms with E-state index in [9.17, 15) is 4.79 Å². The van der Waals surface area contributed by atoms with E-state index in [1.54, 1.807) is 0 Å². The van der Waals surface area contributed by atoms with Crippen molar-refractivity contribution >= 4 is 21.8 Å². The molecule has 2 unspecified atom stereocenters. The molecular formula is C15H21BrN2O2. The summed E-state index contributed by atoms with van der Waals surface area (Å²) in [6, 6.07) is 8.42. The van der Waals surface area contributed by atoms with Crippen LogP contribution in [-0.2, 0) is 4.79 Å². The third kappa shape index (κ3) is 4.80. The standard InChI is InChI=1S/C15H21BrN2O2/c1-11-10-12(6-8-17-11)18-15(19)7-9-20-14-5-3-2-4-13(14)16/h2-5,11-12,17H,6-10H2,1H3,(H,18,19). The van der Waals surface area contributed by atoms with Crippen molar-refractivity contribution in [2.45, 2.75) is 38.3 Å². The second kappa shape index (κ2) is 7.64. The van der Waals surface area contributed by atoms with Crippen molar-refractivity contribution in [3.05, 3.63) is 28.7 Å². The zero-order chi connectivity index (χ0) is 14.4. The van der Waals surface area contributed by atoms with E-state index < -0.39 is 0 Å². The van der Waals surface area contributed by atoms with E-state index in [-0.39, 0.29) is 5.91 Å². The van der Waals surface area contributed by atoms with Crippen LogP contribution in [0, 0.1) is 0 Å². The molecule has 1 aromatic rings. The molecule has 0 bridgehead atoms. The first-order valence-corrected chi connectivity index (χ1v) is 7.84. The number of hydrogen-bond donors (Lipinski definition) is 2. The Balaban J connectivity index is 1.69. The zero-order valence-corrected chi connectivity index (χ0v) is 13.3. The van der Waals surface area contributed by atoms with Gasteiger partial charge in [-0.15, -0.1) is 0 Å². The van der Waals surface area contributed by atoms with Crippen LogP contribution in [0.2, 0.25) is 0 Å². The van der Waals surface area contributed by atoms with Gasteiger partial charge < -0.3 is 15.4 Å². The molecule has 0 radical (unpaired) electrons. The lowest BCUT2D eigenvalue weighted by molar-refractivity contribution is -0.122. The van der Waals surface area contributed by atoms with Gasteiger partial charge in [-0.05, 0) is 54.4 Å². The molecule has 1 fully saturated rings. The average molecular weight is 341 g/mol. The first-order chi connectivity index (χ1) is 9.65. The van der Waals surface area contributed by atoms with Crippen molar-refractivity contribution in [2.75, 3.05) is 13.2 Å². The monoisotopic (exact) mass is 340 g/mol. The van der Waals surface area contributed by atoms with E-state index in [1.165, 1.54) is 0 Å². The lowest BCUT2D eigenvalue weighted by Gasteiger charge is -2.28. The van der Waals surface area contributed by atoms with Gasteiger partial charge >= 0.3 is 0 Å². The van der Waals surface area contributed by atoms with Gasteiger partial charge in [-0.1, -0.05) is 12.1 Å². The molecule has 1 aromatic carbocycles. The second-order valence-electron chi connectivity index (χ2n) is 5.17. The van der Waals surface area contributed by atoms with Gasteiger partial charge in [0.2, 0.25) is 5.91 Å². The number of ether oxygens (including phenoxy) is 1. The fraction of sp³-hybridized carbons (Fsp3) is 0.533. The Morgan fingerprint density at radius 3 is 3.05 bits per heavy atom. The predicted molar refractivity (Wildman–Crippen MR) is 82.9 cm³/mol. The maximum atomic E-state index is 11.9. The summed E-state index contributed by atoms with van der Waals surface area (Å²) in [6.07, 6.45) is 2.39. The number of hydrogen-bond acceptors (Lipinski definition) is 3. The number of carbonyl (C=O) groups is 1. The molecule has 4 nitrogen and oxygen atoms in total. The summed E-state index contributed by atoms with van der Waals surface area (Å²) in [5, 5.41) is 6.45. The largest absolute Gasteiger partial charge is 0.492 e. The van der Waals surface area contributed by atoms with Crippen LogP contribution in [0.4, 0.5) is 0 Å². The smallest absolute Gasteiger partial charge is 0.223 e. The Morgan fingerprint density at radius 2 is 2.30 bits per heavy atom. The molecular weight excluding hydrogens is 320 g/mol. The molecule has 2 N–H and O–H groups in total. The highest BCUT2D eigenvalue weighted by Crippen LogP contribution is 2.23. The molecule has 1 heterocycles. The van der Waals surface area contributed by atoms with Gasteiger partial charge in [-0.3, -0.25) is 4.79 Å². The predicted octanol–water partition coefficient (Wildman–Crippen LogP) is 2.47. The Hall–Kier alpha value is -1.07. The number of piperidine rings is 1. The SMILES string of the molecule is CC1CC(NC(=O)CCOc2ccccc2Br)CCN1. The van der Waals surface area contributed by atoms with Crippen LogP contribution in [0.3, 0.4) is 0 Å². The lowest BCUT2D eigenvalue weighted by Crippen LogP contribution is -2.46. The summed E-state index contributed by atoms with van der Waals surface area (Å²) < 4.78 is 6.51. The maximum absolute atomic E-state index is 11.9. The van der Waals surface area contributed by atoms with Crippen molar-refractivity contribution in [1.82, 2.24) is 10.6 Å². The van der Waals surface area contributed by atoms with Gasteiger partial charge in [0.15, 0.2) is 0 Å². The molecule has 5 heteroatoms. The number of nitrogens with one attached hydrogen (secondary N) is 2. The van der Waals surface area contributed by atoms with E-state index in [1.807, 2.05) is 24.3 Å². The van der Waals surface area contributed by atoms with Crippen molar-refractivity contribution in [1.29, 1.82) is 0 Å². The molecule has 20 heavy (non-hydrogen) atoms. The van der Waals surface area contributed by atoms with Gasteiger partial charge in [0.1, 0.15) is 5.75 Å². The number of amides is 1. The van der Waals surface area contributed by atoms with Gasteiger partial charge in [-0.2, -0.15) is 0 Å². The number of halogens is 1. The van der Waals surface area contributed by atoms with Crippen LogP contribution in [0.15, 0.2) is 28.7 Å². The van der Waals surface area contributed by atoms with Crippen molar-refractivity contribution in [3.63, 3.8) is 0 Å². The molecule has 110 valence electrons. The lowest BCUT2D eigenvalue weighted by atomic mass is 10.0. The van der Waals surface area contributed by atoms with Gasteiger partial charge in [0.05, 0.1) is 17.5 Å². The summed E-state index contributed by atoms with van der Waals surface area (Å²) >= 11 is 3.42. The molecule has 0 saturated carbocycles. The fourth-order valence-corrected chi connectivity index (χ4v) is 2.78.